The van der Waals surface area contributed by atoms with E-state index in [1.165, 1.54) is 18.5 Å². The molecule has 0 amide bonds. The van der Waals surface area contributed by atoms with Gasteiger partial charge in [-0.2, -0.15) is 0 Å². The maximum Gasteiger partial charge on any atom is 0.0955 e. The molecule has 1 aromatic carbocycles. The molecule has 3 rings (SSSR count). The van der Waals surface area contributed by atoms with E-state index in [-0.39, 0.29) is 0 Å². The Balaban J connectivity index is 1.90. The van der Waals surface area contributed by atoms with Gasteiger partial charge in [0.15, 0.2) is 0 Å². The molecule has 20 heavy (non-hydrogen) atoms. The van der Waals surface area contributed by atoms with Crippen molar-refractivity contribution in [1.29, 1.82) is 0 Å². The Hall–Kier alpha value is -1.81. The molecular formula is C16H22N4. The summed E-state index contributed by atoms with van der Waals surface area (Å²) in [7, 11) is 4.33. The van der Waals surface area contributed by atoms with Crippen LogP contribution in [-0.4, -0.2) is 43.1 Å². The number of aromatic nitrogens is 1. The normalized spacial score (nSPS) is 17.1. The number of piperidine rings is 1. The van der Waals surface area contributed by atoms with Gasteiger partial charge in [-0.1, -0.05) is 0 Å². The number of fused-ring (bicyclic) bond motifs is 1. The van der Waals surface area contributed by atoms with Crippen LogP contribution in [0.1, 0.15) is 12.8 Å². The highest BCUT2D eigenvalue weighted by Crippen LogP contribution is 2.31. The first-order valence-electron chi connectivity index (χ1n) is 7.21. The predicted octanol–water partition coefficient (Wildman–Crippen LogP) is 2.35. The van der Waals surface area contributed by atoms with E-state index in [4.69, 9.17) is 5.73 Å². The average molecular weight is 270 g/mol. The van der Waals surface area contributed by atoms with Crippen molar-refractivity contribution < 1.29 is 0 Å². The number of anilines is 2. The van der Waals surface area contributed by atoms with Crippen LogP contribution in [0.4, 0.5) is 11.4 Å². The third kappa shape index (κ3) is 2.31. The van der Waals surface area contributed by atoms with Crippen LogP contribution < -0.4 is 10.6 Å². The number of nitrogens with two attached hydrogens (primary N) is 1. The Bertz CT molecular complexity index is 600. The van der Waals surface area contributed by atoms with Gasteiger partial charge >= 0.3 is 0 Å². The molecule has 2 N–H and O–H groups in total. The van der Waals surface area contributed by atoms with E-state index >= 15 is 0 Å². The van der Waals surface area contributed by atoms with Gasteiger partial charge in [0, 0.05) is 36.4 Å². The number of nitrogen functional groups attached to an aromatic ring is 1. The van der Waals surface area contributed by atoms with Crippen LogP contribution in [-0.2, 0) is 0 Å². The van der Waals surface area contributed by atoms with Crippen molar-refractivity contribution in [3.8, 4) is 0 Å². The number of benzene rings is 1. The molecule has 1 fully saturated rings. The lowest BCUT2D eigenvalue weighted by atomic mass is 10.0. The molecule has 0 spiro atoms. The quantitative estimate of drug-likeness (QED) is 0.851. The summed E-state index contributed by atoms with van der Waals surface area (Å²) in [5.74, 6) is 0. The molecule has 4 nitrogen and oxygen atoms in total. The monoisotopic (exact) mass is 270 g/mol. The van der Waals surface area contributed by atoms with Crippen LogP contribution in [0.3, 0.4) is 0 Å². The van der Waals surface area contributed by atoms with Crippen molar-refractivity contribution in [2.75, 3.05) is 37.8 Å². The fourth-order valence-electron chi connectivity index (χ4n) is 3.06. The zero-order valence-electron chi connectivity index (χ0n) is 12.2. The number of nitrogens with zero attached hydrogens (tertiary/aromatic N) is 3. The number of hydrogen-bond donors (Lipinski definition) is 1. The summed E-state index contributed by atoms with van der Waals surface area (Å²) in [5, 5.41) is 1.06. The smallest absolute Gasteiger partial charge is 0.0955 e. The van der Waals surface area contributed by atoms with Crippen LogP contribution in [0.25, 0.3) is 10.9 Å². The first-order chi connectivity index (χ1) is 9.66. The van der Waals surface area contributed by atoms with Crippen LogP contribution in [0.2, 0.25) is 0 Å². The van der Waals surface area contributed by atoms with E-state index in [0.717, 1.165) is 29.7 Å². The molecular weight excluding hydrogens is 248 g/mol. The first-order valence-corrected chi connectivity index (χ1v) is 7.21. The van der Waals surface area contributed by atoms with E-state index in [1.54, 1.807) is 0 Å². The fourth-order valence-corrected chi connectivity index (χ4v) is 3.06. The highest BCUT2D eigenvalue weighted by Gasteiger charge is 2.22. The molecule has 2 heterocycles. The highest BCUT2D eigenvalue weighted by molar-refractivity contribution is 5.98. The van der Waals surface area contributed by atoms with Crippen LogP contribution in [0, 0.1) is 0 Å². The highest BCUT2D eigenvalue weighted by atomic mass is 15.2. The molecule has 0 atom stereocenters. The van der Waals surface area contributed by atoms with Crippen molar-refractivity contribution >= 4 is 22.3 Å². The summed E-state index contributed by atoms with van der Waals surface area (Å²) in [6.07, 6.45) is 4.25. The molecule has 0 radical (unpaired) electrons. The van der Waals surface area contributed by atoms with E-state index < -0.39 is 0 Å². The molecule has 0 unspecified atom stereocenters. The molecule has 1 aliphatic rings. The van der Waals surface area contributed by atoms with E-state index in [1.807, 2.05) is 24.4 Å². The third-order valence-corrected chi connectivity index (χ3v) is 4.32. The lowest BCUT2D eigenvalue weighted by Crippen LogP contribution is -2.42. The zero-order valence-corrected chi connectivity index (χ0v) is 12.2. The van der Waals surface area contributed by atoms with Crippen molar-refractivity contribution in [2.45, 2.75) is 18.9 Å². The van der Waals surface area contributed by atoms with Gasteiger partial charge in [-0.25, -0.2) is 0 Å². The second-order valence-electron chi connectivity index (χ2n) is 5.76. The molecule has 2 aromatic rings. The maximum atomic E-state index is 6.05. The van der Waals surface area contributed by atoms with Gasteiger partial charge in [0.1, 0.15) is 0 Å². The summed E-state index contributed by atoms with van der Waals surface area (Å²) >= 11 is 0. The van der Waals surface area contributed by atoms with E-state index in [0.29, 0.717) is 6.04 Å². The molecule has 1 aliphatic heterocycles. The lowest BCUT2D eigenvalue weighted by Gasteiger charge is -2.36. The number of pyridine rings is 1. The zero-order chi connectivity index (χ0) is 14.1. The Morgan fingerprint density at radius 2 is 1.95 bits per heavy atom. The van der Waals surface area contributed by atoms with Crippen molar-refractivity contribution in [1.82, 2.24) is 9.88 Å². The van der Waals surface area contributed by atoms with Gasteiger partial charge in [-0.3, -0.25) is 4.98 Å². The number of hydrogen-bond acceptors (Lipinski definition) is 4. The van der Waals surface area contributed by atoms with Gasteiger partial charge in [0.05, 0.1) is 11.2 Å². The average Bonchev–Trinajstić information content (AvgIpc) is 2.48. The SMILES string of the molecule is CN(C)C1CCN(c2ccc(N)c3cccnc23)CC1. The second-order valence-corrected chi connectivity index (χ2v) is 5.76. The molecule has 0 bridgehead atoms. The summed E-state index contributed by atoms with van der Waals surface area (Å²) < 4.78 is 0. The van der Waals surface area contributed by atoms with Gasteiger partial charge < -0.3 is 15.5 Å². The Kier molecular flexibility index (Phi) is 3.49. The molecule has 1 aromatic heterocycles. The van der Waals surface area contributed by atoms with E-state index in [2.05, 4.69) is 34.9 Å². The summed E-state index contributed by atoms with van der Waals surface area (Å²) in [6, 6.07) is 8.80. The standard InChI is InChI=1S/C16H22N4/c1-19(2)12-7-10-20(11-8-12)15-6-5-14(17)13-4-3-9-18-16(13)15/h3-6,9,12H,7-8,10-11,17H2,1-2H3. The maximum absolute atomic E-state index is 6.05. The van der Waals surface area contributed by atoms with Gasteiger partial charge in [0.25, 0.3) is 0 Å². The van der Waals surface area contributed by atoms with Crippen molar-refractivity contribution in [3.05, 3.63) is 30.5 Å². The van der Waals surface area contributed by atoms with E-state index in [9.17, 15) is 0 Å². The minimum Gasteiger partial charge on any atom is -0.398 e. The summed E-state index contributed by atoms with van der Waals surface area (Å²) in [5.41, 5.74) is 9.10. The van der Waals surface area contributed by atoms with Crippen LogP contribution >= 0.6 is 0 Å². The van der Waals surface area contributed by atoms with Crippen molar-refractivity contribution in [2.24, 2.45) is 0 Å². The fraction of sp³-hybridized carbons (Fsp3) is 0.438. The molecule has 4 heteroatoms. The van der Waals surface area contributed by atoms with Crippen molar-refractivity contribution in [3.63, 3.8) is 0 Å². The topological polar surface area (TPSA) is 45.4 Å². The van der Waals surface area contributed by atoms with Crippen LogP contribution in [0.15, 0.2) is 30.5 Å². The largest absolute Gasteiger partial charge is 0.398 e. The van der Waals surface area contributed by atoms with Gasteiger partial charge in [-0.15, -0.1) is 0 Å². The minimum absolute atomic E-state index is 0.694. The minimum atomic E-state index is 0.694. The Labute approximate surface area is 120 Å². The predicted molar refractivity (Wildman–Crippen MR) is 85.1 cm³/mol. The summed E-state index contributed by atoms with van der Waals surface area (Å²) in [6.45, 7) is 2.16. The molecule has 106 valence electrons. The Morgan fingerprint density at radius 3 is 2.65 bits per heavy atom. The molecule has 0 aliphatic carbocycles. The third-order valence-electron chi connectivity index (χ3n) is 4.32. The second kappa shape index (κ2) is 5.29. The molecule has 0 saturated carbocycles. The summed E-state index contributed by atoms with van der Waals surface area (Å²) in [4.78, 5) is 9.31. The number of rotatable bonds is 2. The van der Waals surface area contributed by atoms with Gasteiger partial charge in [0.2, 0.25) is 0 Å². The first kappa shape index (κ1) is 13.2. The van der Waals surface area contributed by atoms with Crippen LogP contribution in [0.5, 0.6) is 0 Å². The lowest BCUT2D eigenvalue weighted by molar-refractivity contribution is 0.250. The Morgan fingerprint density at radius 1 is 1.20 bits per heavy atom. The molecule has 1 saturated heterocycles. The van der Waals surface area contributed by atoms with Gasteiger partial charge in [-0.05, 0) is 51.2 Å².